The van der Waals surface area contributed by atoms with Crippen molar-refractivity contribution in [3.05, 3.63) is 48.3 Å². The highest BCUT2D eigenvalue weighted by atomic mass is 16.5. The Morgan fingerprint density at radius 3 is 2.59 bits per heavy atom. The van der Waals surface area contributed by atoms with E-state index < -0.39 is 0 Å². The van der Waals surface area contributed by atoms with Gasteiger partial charge in [-0.05, 0) is 37.0 Å². The number of aliphatic hydroxyl groups excluding tert-OH is 1. The van der Waals surface area contributed by atoms with E-state index in [9.17, 15) is 9.90 Å². The third-order valence-electron chi connectivity index (χ3n) is 6.55. The second-order valence-corrected chi connectivity index (χ2v) is 10.8. The lowest BCUT2D eigenvalue weighted by Crippen LogP contribution is -2.33. The molecule has 3 heterocycles. The zero-order valence-corrected chi connectivity index (χ0v) is 21.8. The minimum atomic E-state index is -0.192. The van der Waals surface area contributed by atoms with E-state index in [1.54, 1.807) is 18.3 Å². The Morgan fingerprint density at radius 2 is 1.89 bits per heavy atom. The monoisotopic (exact) mass is 503 g/mol. The Balaban J connectivity index is 1.37. The molecule has 0 aliphatic heterocycles. The summed E-state index contributed by atoms with van der Waals surface area (Å²) in [5.74, 6) is 3.31. The van der Waals surface area contributed by atoms with Gasteiger partial charge >= 0.3 is 0 Å². The molecule has 194 valence electrons. The Kier molecular flexibility index (Phi) is 6.36. The number of hydrogen-bond acceptors (Lipinski definition) is 7. The molecule has 3 N–H and O–H groups in total. The molecule has 5 rings (SSSR count). The summed E-state index contributed by atoms with van der Waals surface area (Å²) in [6.07, 6.45) is 3.07. The van der Waals surface area contributed by atoms with E-state index in [2.05, 4.69) is 47.1 Å². The number of carbonyl (C=O) groups is 1. The standard InChI is InChI=1S/C27H33N7O3/c1-16(35)29-24-13-20(8-9-28-24)37-19-6-7-21-22(12-19)33(5)26(30-21)31-25-14-23(27(2,3)4)34(32-25)15-17-10-18(36)11-17/h6-9,12-14,17-18,36H,10-11,15H2,1-5H3,(H,28,29,35)(H,30,31,32). The maximum atomic E-state index is 11.3. The van der Waals surface area contributed by atoms with Gasteiger partial charge in [-0.15, -0.1) is 0 Å². The first kappa shape index (κ1) is 24.8. The van der Waals surface area contributed by atoms with Gasteiger partial charge in [-0.2, -0.15) is 5.10 Å². The number of nitrogens with one attached hydrogen (secondary N) is 2. The fraction of sp³-hybridized carbons (Fsp3) is 0.407. The molecular weight excluding hydrogens is 470 g/mol. The maximum absolute atomic E-state index is 11.3. The molecule has 3 aromatic heterocycles. The van der Waals surface area contributed by atoms with Gasteiger partial charge in [0, 0.05) is 56.0 Å². The molecular formula is C27H33N7O3. The van der Waals surface area contributed by atoms with Gasteiger partial charge in [0.25, 0.3) is 0 Å². The lowest BCUT2D eigenvalue weighted by atomic mass is 9.82. The quantitative estimate of drug-likeness (QED) is 0.334. The maximum Gasteiger partial charge on any atom is 0.222 e. The highest BCUT2D eigenvalue weighted by Gasteiger charge is 2.30. The van der Waals surface area contributed by atoms with Crippen LogP contribution in [0.2, 0.25) is 0 Å². The summed E-state index contributed by atoms with van der Waals surface area (Å²) in [6.45, 7) is 8.77. The molecule has 1 aliphatic rings. The molecule has 1 aliphatic carbocycles. The second-order valence-electron chi connectivity index (χ2n) is 10.8. The van der Waals surface area contributed by atoms with Crippen molar-refractivity contribution < 1.29 is 14.6 Å². The third kappa shape index (κ3) is 5.43. The largest absolute Gasteiger partial charge is 0.457 e. The van der Waals surface area contributed by atoms with Gasteiger partial charge in [-0.3, -0.25) is 9.48 Å². The van der Waals surface area contributed by atoms with Crippen molar-refractivity contribution in [3.63, 3.8) is 0 Å². The zero-order chi connectivity index (χ0) is 26.3. The van der Waals surface area contributed by atoms with Crippen molar-refractivity contribution in [2.45, 2.75) is 58.6 Å². The van der Waals surface area contributed by atoms with Crippen LogP contribution < -0.4 is 15.4 Å². The number of carbonyl (C=O) groups excluding carboxylic acids is 1. The molecule has 1 fully saturated rings. The molecule has 4 aromatic rings. The summed E-state index contributed by atoms with van der Waals surface area (Å²) < 4.78 is 10.1. The minimum Gasteiger partial charge on any atom is -0.457 e. The second kappa shape index (κ2) is 9.51. The van der Waals surface area contributed by atoms with E-state index in [4.69, 9.17) is 14.8 Å². The molecule has 0 bridgehead atoms. The number of nitrogens with zero attached hydrogens (tertiary/aromatic N) is 5. The minimum absolute atomic E-state index is 0.0688. The van der Waals surface area contributed by atoms with E-state index in [1.165, 1.54) is 6.92 Å². The van der Waals surface area contributed by atoms with Gasteiger partial charge in [-0.1, -0.05) is 20.8 Å². The first-order valence-corrected chi connectivity index (χ1v) is 12.5. The lowest BCUT2D eigenvalue weighted by Gasteiger charge is -2.32. The SMILES string of the molecule is CC(=O)Nc1cc(Oc2ccc3nc(Nc4cc(C(C)(C)C)n(CC5CC(O)C5)n4)n(C)c3c2)ccn1. The average molecular weight is 504 g/mol. The Hall–Kier alpha value is -3.92. The first-order valence-electron chi connectivity index (χ1n) is 12.5. The van der Waals surface area contributed by atoms with Crippen molar-refractivity contribution in [1.29, 1.82) is 0 Å². The topological polar surface area (TPSA) is 119 Å². The number of imidazole rings is 1. The lowest BCUT2D eigenvalue weighted by molar-refractivity contribution is -0.114. The van der Waals surface area contributed by atoms with Crippen LogP contribution in [0.4, 0.5) is 17.6 Å². The highest BCUT2D eigenvalue weighted by Crippen LogP contribution is 2.33. The van der Waals surface area contributed by atoms with Crippen LogP contribution in [0.15, 0.2) is 42.6 Å². The molecule has 1 aromatic carbocycles. The van der Waals surface area contributed by atoms with Crippen LogP contribution in [0.5, 0.6) is 11.5 Å². The Labute approximate surface area is 215 Å². The molecule has 1 saturated carbocycles. The van der Waals surface area contributed by atoms with Crippen molar-refractivity contribution in [1.82, 2.24) is 24.3 Å². The summed E-state index contributed by atoms with van der Waals surface area (Å²) in [7, 11) is 1.94. The van der Waals surface area contributed by atoms with Gasteiger partial charge < -0.3 is 25.0 Å². The van der Waals surface area contributed by atoms with Gasteiger partial charge in [0.05, 0.1) is 17.1 Å². The predicted octanol–water partition coefficient (Wildman–Crippen LogP) is 4.73. The fourth-order valence-electron chi connectivity index (χ4n) is 4.63. The fourth-order valence-corrected chi connectivity index (χ4v) is 4.63. The van der Waals surface area contributed by atoms with Gasteiger partial charge in [0.15, 0.2) is 5.82 Å². The van der Waals surface area contributed by atoms with Crippen molar-refractivity contribution in [2.75, 3.05) is 10.6 Å². The molecule has 0 saturated heterocycles. The number of aliphatic hydroxyl groups is 1. The van der Waals surface area contributed by atoms with E-state index in [1.807, 2.05) is 29.8 Å². The van der Waals surface area contributed by atoms with E-state index in [0.717, 1.165) is 41.9 Å². The van der Waals surface area contributed by atoms with Crippen molar-refractivity contribution in [3.8, 4) is 11.5 Å². The zero-order valence-electron chi connectivity index (χ0n) is 21.8. The Bertz CT molecular complexity index is 1440. The van der Waals surface area contributed by atoms with E-state index in [0.29, 0.717) is 29.2 Å². The molecule has 10 nitrogen and oxygen atoms in total. The van der Waals surface area contributed by atoms with Gasteiger partial charge in [0.2, 0.25) is 11.9 Å². The molecule has 1 amide bonds. The van der Waals surface area contributed by atoms with Crippen LogP contribution >= 0.6 is 0 Å². The number of aryl methyl sites for hydroxylation is 1. The van der Waals surface area contributed by atoms with Crippen molar-refractivity contribution in [2.24, 2.45) is 13.0 Å². The molecule has 0 atom stereocenters. The van der Waals surface area contributed by atoms with Crippen LogP contribution in [-0.4, -0.2) is 41.4 Å². The normalized spacial score (nSPS) is 17.5. The molecule has 37 heavy (non-hydrogen) atoms. The number of hydrogen-bond donors (Lipinski definition) is 3. The number of rotatable bonds is 7. The summed E-state index contributed by atoms with van der Waals surface area (Å²) in [6, 6.07) is 11.2. The summed E-state index contributed by atoms with van der Waals surface area (Å²) >= 11 is 0. The van der Waals surface area contributed by atoms with Gasteiger partial charge in [-0.25, -0.2) is 9.97 Å². The average Bonchev–Trinajstić information content (AvgIpc) is 3.34. The third-order valence-corrected chi connectivity index (χ3v) is 6.55. The number of pyridine rings is 1. The summed E-state index contributed by atoms with van der Waals surface area (Å²) in [5.41, 5.74) is 2.79. The highest BCUT2D eigenvalue weighted by molar-refractivity contribution is 5.87. The van der Waals surface area contributed by atoms with E-state index in [-0.39, 0.29) is 17.4 Å². The predicted molar refractivity (Wildman–Crippen MR) is 142 cm³/mol. The van der Waals surface area contributed by atoms with Crippen LogP contribution in [0.1, 0.15) is 46.2 Å². The number of aromatic nitrogens is 5. The van der Waals surface area contributed by atoms with Crippen LogP contribution in [0.25, 0.3) is 11.0 Å². The molecule has 0 unspecified atom stereocenters. The number of benzene rings is 1. The Morgan fingerprint density at radius 1 is 1.14 bits per heavy atom. The summed E-state index contributed by atoms with van der Waals surface area (Å²) in [5, 5.41) is 20.6. The van der Waals surface area contributed by atoms with Crippen LogP contribution in [0.3, 0.4) is 0 Å². The summed E-state index contributed by atoms with van der Waals surface area (Å²) in [4.78, 5) is 20.2. The van der Waals surface area contributed by atoms with Crippen LogP contribution in [0, 0.1) is 5.92 Å². The molecule has 10 heteroatoms. The smallest absolute Gasteiger partial charge is 0.222 e. The van der Waals surface area contributed by atoms with Crippen molar-refractivity contribution >= 4 is 34.5 Å². The first-order chi connectivity index (χ1) is 17.5. The molecule has 0 spiro atoms. The number of anilines is 3. The number of ether oxygens (including phenoxy) is 1. The van der Waals surface area contributed by atoms with Gasteiger partial charge in [0.1, 0.15) is 17.3 Å². The van der Waals surface area contributed by atoms with Crippen LogP contribution in [-0.2, 0) is 23.8 Å². The van der Waals surface area contributed by atoms with E-state index >= 15 is 0 Å². The number of amides is 1. The number of fused-ring (bicyclic) bond motifs is 1. The molecule has 0 radical (unpaired) electrons.